The number of likely N-dealkylation sites (tertiary alicyclic amines) is 1. The molecule has 2 heterocycles. The fraction of sp³-hybridized carbons (Fsp3) is 0.545. The Morgan fingerprint density at radius 3 is 3.00 bits per heavy atom. The summed E-state index contributed by atoms with van der Waals surface area (Å²) in [7, 11) is 2.19. The van der Waals surface area contributed by atoms with E-state index in [9.17, 15) is 0 Å². The van der Waals surface area contributed by atoms with Crippen LogP contribution in [-0.2, 0) is 5.33 Å². The van der Waals surface area contributed by atoms with Crippen LogP contribution in [0.15, 0.2) is 16.9 Å². The molecule has 1 aromatic heterocycles. The molecule has 1 aromatic rings. The molecular formula is C11H14Br2N2. The zero-order valence-electron chi connectivity index (χ0n) is 8.71. The number of halogens is 2. The van der Waals surface area contributed by atoms with Gasteiger partial charge >= 0.3 is 0 Å². The first kappa shape index (κ1) is 11.6. The van der Waals surface area contributed by atoms with Gasteiger partial charge in [0.25, 0.3) is 0 Å². The smallest absolute Gasteiger partial charge is 0.110 e. The van der Waals surface area contributed by atoms with Crippen LogP contribution in [0.25, 0.3) is 0 Å². The molecule has 0 aliphatic carbocycles. The van der Waals surface area contributed by atoms with E-state index < -0.39 is 0 Å². The van der Waals surface area contributed by atoms with E-state index in [1.165, 1.54) is 30.5 Å². The van der Waals surface area contributed by atoms with E-state index in [1.54, 1.807) is 0 Å². The largest absolute Gasteiger partial charge is 0.299 e. The highest BCUT2D eigenvalue weighted by Crippen LogP contribution is 2.31. The maximum atomic E-state index is 4.39. The Morgan fingerprint density at radius 2 is 2.40 bits per heavy atom. The number of aromatic nitrogens is 1. The molecule has 0 aromatic carbocycles. The van der Waals surface area contributed by atoms with Crippen molar-refractivity contribution in [3.05, 3.63) is 28.0 Å². The zero-order valence-corrected chi connectivity index (χ0v) is 11.9. The molecule has 1 aliphatic heterocycles. The van der Waals surface area contributed by atoms with Crippen molar-refractivity contribution in [1.82, 2.24) is 9.88 Å². The highest BCUT2D eigenvalue weighted by molar-refractivity contribution is 9.10. The molecule has 2 nitrogen and oxygen atoms in total. The summed E-state index contributed by atoms with van der Waals surface area (Å²) < 4.78 is 0.948. The van der Waals surface area contributed by atoms with Gasteiger partial charge in [-0.3, -0.25) is 4.90 Å². The monoisotopic (exact) mass is 332 g/mol. The Morgan fingerprint density at radius 1 is 1.60 bits per heavy atom. The summed E-state index contributed by atoms with van der Waals surface area (Å²) in [4.78, 5) is 6.79. The third kappa shape index (κ3) is 2.43. The van der Waals surface area contributed by atoms with Crippen molar-refractivity contribution in [3.8, 4) is 0 Å². The van der Waals surface area contributed by atoms with Crippen molar-refractivity contribution in [2.45, 2.75) is 24.2 Å². The highest BCUT2D eigenvalue weighted by atomic mass is 79.9. The maximum Gasteiger partial charge on any atom is 0.110 e. The molecule has 0 bridgehead atoms. The first-order chi connectivity index (χ1) is 7.22. The van der Waals surface area contributed by atoms with Crippen LogP contribution in [0.2, 0.25) is 0 Å². The first-order valence-electron chi connectivity index (χ1n) is 5.13. The van der Waals surface area contributed by atoms with Crippen LogP contribution in [0, 0.1) is 0 Å². The summed E-state index contributed by atoms with van der Waals surface area (Å²) >= 11 is 6.94. The van der Waals surface area contributed by atoms with Crippen LogP contribution < -0.4 is 0 Å². The Labute approximate surface area is 107 Å². The van der Waals surface area contributed by atoms with Gasteiger partial charge in [0.15, 0.2) is 0 Å². The van der Waals surface area contributed by atoms with Gasteiger partial charge in [-0.15, -0.1) is 0 Å². The average Bonchev–Trinajstić information content (AvgIpc) is 2.65. The van der Waals surface area contributed by atoms with Gasteiger partial charge in [-0.25, -0.2) is 4.98 Å². The molecule has 1 saturated heterocycles. The number of alkyl halides is 1. The predicted molar refractivity (Wildman–Crippen MR) is 69.2 cm³/mol. The minimum atomic E-state index is 0.559. The summed E-state index contributed by atoms with van der Waals surface area (Å²) in [5, 5.41) is 0.852. The summed E-state index contributed by atoms with van der Waals surface area (Å²) in [6, 6.07) is 2.81. The lowest BCUT2D eigenvalue weighted by atomic mass is 10.1. The lowest BCUT2D eigenvalue weighted by Crippen LogP contribution is -2.17. The molecule has 0 saturated carbocycles. The quantitative estimate of drug-likeness (QED) is 0.608. The maximum absolute atomic E-state index is 4.39. The van der Waals surface area contributed by atoms with E-state index in [-0.39, 0.29) is 0 Å². The molecule has 2 rings (SSSR count). The van der Waals surface area contributed by atoms with Gasteiger partial charge in [0.1, 0.15) is 4.60 Å². The van der Waals surface area contributed by atoms with Crippen LogP contribution in [0.3, 0.4) is 0 Å². The number of rotatable bonds is 2. The number of nitrogens with zero attached hydrogens (tertiary/aromatic N) is 2. The van der Waals surface area contributed by atoms with E-state index in [2.05, 4.69) is 54.9 Å². The van der Waals surface area contributed by atoms with Crippen molar-refractivity contribution >= 4 is 31.9 Å². The van der Waals surface area contributed by atoms with E-state index >= 15 is 0 Å². The molecule has 0 radical (unpaired) electrons. The molecule has 0 N–H and O–H groups in total. The second-order valence-electron chi connectivity index (χ2n) is 3.99. The predicted octanol–water partition coefficient (Wildman–Crippen LogP) is 3.51. The number of hydrogen-bond acceptors (Lipinski definition) is 2. The lowest BCUT2D eigenvalue weighted by molar-refractivity contribution is 0.317. The van der Waals surface area contributed by atoms with E-state index in [0.717, 1.165) is 9.93 Å². The van der Waals surface area contributed by atoms with E-state index in [0.29, 0.717) is 6.04 Å². The third-order valence-corrected chi connectivity index (χ3v) is 4.30. The standard InChI is InChI=1S/C11H14Br2N2/c1-15-4-2-3-10(15)9-5-8(6-12)11(13)14-7-9/h5,7,10H,2-4,6H2,1H3. The minimum absolute atomic E-state index is 0.559. The summed E-state index contributed by atoms with van der Waals surface area (Å²) in [6.07, 6.45) is 4.53. The normalized spacial score (nSPS) is 22.2. The topological polar surface area (TPSA) is 16.1 Å². The van der Waals surface area contributed by atoms with Gasteiger partial charge in [0, 0.05) is 17.6 Å². The van der Waals surface area contributed by atoms with Crippen molar-refractivity contribution in [1.29, 1.82) is 0 Å². The molecule has 15 heavy (non-hydrogen) atoms. The summed E-state index contributed by atoms with van der Waals surface area (Å²) in [5.74, 6) is 0. The van der Waals surface area contributed by atoms with Crippen LogP contribution >= 0.6 is 31.9 Å². The summed E-state index contributed by atoms with van der Waals surface area (Å²) in [6.45, 7) is 1.20. The van der Waals surface area contributed by atoms with Gasteiger partial charge in [-0.2, -0.15) is 0 Å². The zero-order chi connectivity index (χ0) is 10.8. The van der Waals surface area contributed by atoms with Gasteiger partial charge in [0.05, 0.1) is 0 Å². The molecule has 0 spiro atoms. The Balaban J connectivity index is 2.28. The molecule has 4 heteroatoms. The Bertz CT molecular complexity index is 354. The van der Waals surface area contributed by atoms with Crippen molar-refractivity contribution < 1.29 is 0 Å². The van der Waals surface area contributed by atoms with Gasteiger partial charge in [-0.1, -0.05) is 15.9 Å². The fourth-order valence-corrected chi connectivity index (χ4v) is 3.28. The second-order valence-corrected chi connectivity index (χ2v) is 5.30. The molecule has 0 amide bonds. The van der Waals surface area contributed by atoms with Crippen molar-refractivity contribution in [2.75, 3.05) is 13.6 Å². The van der Waals surface area contributed by atoms with Crippen LogP contribution in [0.5, 0.6) is 0 Å². The Kier molecular flexibility index (Phi) is 3.80. The van der Waals surface area contributed by atoms with E-state index in [1.807, 2.05) is 6.20 Å². The van der Waals surface area contributed by atoms with Crippen molar-refractivity contribution in [2.24, 2.45) is 0 Å². The van der Waals surface area contributed by atoms with Gasteiger partial charge < -0.3 is 0 Å². The molecule has 1 atom stereocenters. The molecule has 1 fully saturated rings. The second kappa shape index (κ2) is 4.93. The number of pyridine rings is 1. The molecular weight excluding hydrogens is 320 g/mol. The first-order valence-corrected chi connectivity index (χ1v) is 7.04. The highest BCUT2D eigenvalue weighted by Gasteiger charge is 2.23. The number of hydrogen-bond donors (Lipinski definition) is 0. The van der Waals surface area contributed by atoms with Crippen LogP contribution in [-0.4, -0.2) is 23.5 Å². The molecule has 1 unspecified atom stereocenters. The molecule has 1 aliphatic rings. The minimum Gasteiger partial charge on any atom is -0.299 e. The SMILES string of the molecule is CN1CCCC1c1cnc(Br)c(CBr)c1. The fourth-order valence-electron chi connectivity index (χ4n) is 2.12. The average molecular weight is 334 g/mol. The third-order valence-electron chi connectivity index (χ3n) is 2.98. The van der Waals surface area contributed by atoms with E-state index in [4.69, 9.17) is 0 Å². The van der Waals surface area contributed by atoms with Crippen molar-refractivity contribution in [3.63, 3.8) is 0 Å². The molecule has 82 valence electrons. The van der Waals surface area contributed by atoms with Gasteiger partial charge in [0.2, 0.25) is 0 Å². The lowest BCUT2D eigenvalue weighted by Gasteiger charge is -2.20. The van der Waals surface area contributed by atoms with Gasteiger partial charge in [-0.05, 0) is 59.6 Å². The summed E-state index contributed by atoms with van der Waals surface area (Å²) in [5.41, 5.74) is 2.57. The van der Waals surface area contributed by atoms with Crippen LogP contribution in [0.4, 0.5) is 0 Å². The van der Waals surface area contributed by atoms with Crippen LogP contribution in [0.1, 0.15) is 30.0 Å². The Hall–Kier alpha value is 0.0700.